The van der Waals surface area contributed by atoms with Crippen molar-refractivity contribution < 1.29 is 14.3 Å². The van der Waals surface area contributed by atoms with Crippen molar-refractivity contribution in [1.82, 2.24) is 9.97 Å². The Labute approximate surface area is 144 Å². The first-order valence-electron chi connectivity index (χ1n) is 8.13. The highest BCUT2D eigenvalue weighted by Gasteiger charge is 2.48. The number of fused-ring (bicyclic) bond motifs is 2. The topological polar surface area (TPSA) is 69.2 Å². The second-order valence-electron chi connectivity index (χ2n) is 6.49. The van der Waals surface area contributed by atoms with E-state index in [2.05, 4.69) is 9.97 Å². The molecule has 3 atom stereocenters. The maximum Gasteiger partial charge on any atom is 0.212 e. The Morgan fingerprint density at radius 1 is 1.17 bits per heavy atom. The van der Waals surface area contributed by atoms with Crippen LogP contribution < -0.4 is 4.74 Å². The Morgan fingerprint density at radius 3 is 2.46 bits per heavy atom. The lowest BCUT2D eigenvalue weighted by molar-refractivity contribution is -0.136. The third kappa shape index (κ3) is 2.36. The zero-order chi connectivity index (χ0) is 16.8. The van der Waals surface area contributed by atoms with Crippen LogP contribution in [0.25, 0.3) is 10.6 Å². The molecule has 0 amide bonds. The SMILES string of the molecule is COc1ccc(-c2nc(C3C(=O)[C@@H]4CC[C@@H](C4)C3=O)c(C)s2)cn1. The van der Waals surface area contributed by atoms with Gasteiger partial charge in [0.15, 0.2) is 11.6 Å². The van der Waals surface area contributed by atoms with E-state index in [0.717, 1.165) is 34.7 Å². The summed E-state index contributed by atoms with van der Waals surface area (Å²) in [5.41, 5.74) is 1.52. The third-order valence-electron chi connectivity index (χ3n) is 5.10. The van der Waals surface area contributed by atoms with Crippen LogP contribution in [-0.2, 0) is 9.59 Å². The van der Waals surface area contributed by atoms with Gasteiger partial charge in [-0.2, -0.15) is 0 Å². The predicted octanol–water partition coefficient (Wildman–Crippen LogP) is 3.17. The fourth-order valence-electron chi connectivity index (χ4n) is 3.81. The molecule has 1 unspecified atom stereocenters. The third-order valence-corrected chi connectivity index (χ3v) is 6.14. The molecule has 2 aromatic heterocycles. The Balaban J connectivity index is 1.70. The number of methoxy groups -OCH3 is 1. The van der Waals surface area contributed by atoms with Crippen LogP contribution in [0.4, 0.5) is 0 Å². The van der Waals surface area contributed by atoms with Gasteiger partial charge < -0.3 is 4.74 Å². The number of pyridine rings is 1. The van der Waals surface area contributed by atoms with E-state index in [-0.39, 0.29) is 23.4 Å². The minimum absolute atomic E-state index is 0.0462. The number of hydrogen-bond donors (Lipinski definition) is 0. The first-order valence-corrected chi connectivity index (χ1v) is 8.95. The van der Waals surface area contributed by atoms with E-state index in [4.69, 9.17) is 4.74 Å². The monoisotopic (exact) mass is 342 g/mol. The van der Waals surface area contributed by atoms with Crippen molar-refractivity contribution in [3.8, 4) is 16.5 Å². The zero-order valence-electron chi connectivity index (χ0n) is 13.6. The first-order chi connectivity index (χ1) is 11.6. The van der Waals surface area contributed by atoms with Gasteiger partial charge in [0, 0.05) is 34.5 Å². The molecule has 2 saturated carbocycles. The van der Waals surface area contributed by atoms with Crippen molar-refractivity contribution >= 4 is 22.9 Å². The summed E-state index contributed by atoms with van der Waals surface area (Å²) in [5, 5.41) is 0.788. The number of hydrogen-bond acceptors (Lipinski definition) is 6. The molecule has 2 aromatic rings. The minimum Gasteiger partial charge on any atom is -0.481 e. The van der Waals surface area contributed by atoms with E-state index < -0.39 is 5.92 Å². The molecule has 0 radical (unpaired) electrons. The van der Waals surface area contributed by atoms with Crippen LogP contribution in [0, 0.1) is 18.8 Å². The zero-order valence-corrected chi connectivity index (χ0v) is 14.4. The van der Waals surface area contributed by atoms with Crippen LogP contribution in [0.2, 0.25) is 0 Å². The first kappa shape index (κ1) is 15.4. The molecule has 4 rings (SSSR count). The molecule has 0 spiro atoms. The molecule has 0 saturated heterocycles. The summed E-state index contributed by atoms with van der Waals surface area (Å²) < 4.78 is 5.07. The standard InChI is InChI=1S/C18H18N2O3S/c1-9-15(14-16(21)10-3-4-11(7-10)17(14)22)20-18(24-9)12-5-6-13(23-2)19-8-12/h5-6,8,10-11,14H,3-4,7H2,1-2H3/t10-,11+,14?. The van der Waals surface area contributed by atoms with Crippen LogP contribution >= 0.6 is 11.3 Å². The van der Waals surface area contributed by atoms with Gasteiger partial charge in [-0.25, -0.2) is 9.97 Å². The minimum atomic E-state index is -0.660. The summed E-state index contributed by atoms with van der Waals surface area (Å²) in [5.74, 6) is 0.117. The number of aromatic nitrogens is 2. The van der Waals surface area contributed by atoms with Crippen molar-refractivity contribution in [2.45, 2.75) is 32.1 Å². The fraction of sp³-hybridized carbons (Fsp3) is 0.444. The van der Waals surface area contributed by atoms with Gasteiger partial charge >= 0.3 is 0 Å². The lowest BCUT2D eigenvalue weighted by Gasteiger charge is -2.24. The summed E-state index contributed by atoms with van der Waals surface area (Å²) in [4.78, 5) is 35.2. The molecular formula is C18H18N2O3S. The average molecular weight is 342 g/mol. The number of ether oxygens (including phenoxy) is 1. The summed E-state index contributed by atoms with van der Waals surface area (Å²) in [6.45, 7) is 1.94. The van der Waals surface area contributed by atoms with Crippen LogP contribution in [0.3, 0.4) is 0 Å². The quantitative estimate of drug-likeness (QED) is 0.801. The molecule has 0 aromatic carbocycles. The molecule has 2 aliphatic carbocycles. The molecule has 2 aliphatic rings. The van der Waals surface area contributed by atoms with Crippen LogP contribution in [0.15, 0.2) is 18.3 Å². The lowest BCUT2D eigenvalue weighted by atomic mass is 9.77. The number of thiazole rings is 1. The molecular weight excluding hydrogens is 324 g/mol. The smallest absolute Gasteiger partial charge is 0.212 e. The van der Waals surface area contributed by atoms with Crippen LogP contribution in [-0.4, -0.2) is 28.6 Å². The van der Waals surface area contributed by atoms with Crippen LogP contribution in [0.1, 0.15) is 35.8 Å². The molecule has 0 aliphatic heterocycles. The number of ketones is 2. The highest BCUT2D eigenvalue weighted by atomic mass is 32.1. The number of aryl methyl sites for hydroxylation is 1. The van der Waals surface area contributed by atoms with Crippen molar-refractivity contribution in [3.05, 3.63) is 28.9 Å². The molecule has 124 valence electrons. The highest BCUT2D eigenvalue weighted by molar-refractivity contribution is 7.15. The predicted molar refractivity (Wildman–Crippen MR) is 90.2 cm³/mol. The van der Waals surface area contributed by atoms with Crippen molar-refractivity contribution in [1.29, 1.82) is 0 Å². The largest absolute Gasteiger partial charge is 0.481 e. The van der Waals surface area contributed by atoms with Gasteiger partial charge in [0.05, 0.1) is 12.8 Å². The normalized spacial score (nSPS) is 26.0. The molecule has 6 heteroatoms. The summed E-state index contributed by atoms with van der Waals surface area (Å²) >= 11 is 1.51. The highest BCUT2D eigenvalue weighted by Crippen LogP contribution is 2.45. The number of nitrogens with zero attached hydrogens (tertiary/aromatic N) is 2. The van der Waals surface area contributed by atoms with E-state index in [0.29, 0.717) is 11.6 Å². The van der Waals surface area contributed by atoms with Gasteiger partial charge in [0.1, 0.15) is 10.9 Å². The fourth-order valence-corrected chi connectivity index (χ4v) is 4.75. The average Bonchev–Trinajstić information content (AvgIpc) is 3.20. The summed E-state index contributed by atoms with van der Waals surface area (Å²) in [6.07, 6.45) is 4.15. The second kappa shape index (κ2) is 5.77. The van der Waals surface area contributed by atoms with Gasteiger partial charge in [-0.1, -0.05) is 0 Å². The van der Waals surface area contributed by atoms with E-state index in [1.165, 1.54) is 11.3 Å². The summed E-state index contributed by atoms with van der Waals surface area (Å²) in [6, 6.07) is 3.67. The van der Waals surface area contributed by atoms with Crippen LogP contribution in [0.5, 0.6) is 5.88 Å². The van der Waals surface area contributed by atoms with Crippen molar-refractivity contribution in [2.24, 2.45) is 11.8 Å². The molecule has 24 heavy (non-hydrogen) atoms. The number of carbonyl (C=O) groups excluding carboxylic acids is 2. The van der Waals surface area contributed by atoms with E-state index in [1.54, 1.807) is 19.4 Å². The van der Waals surface area contributed by atoms with E-state index in [1.807, 2.05) is 13.0 Å². The molecule has 2 bridgehead atoms. The van der Waals surface area contributed by atoms with Gasteiger partial charge in [0.2, 0.25) is 5.88 Å². The van der Waals surface area contributed by atoms with Gasteiger partial charge in [-0.05, 0) is 32.3 Å². The van der Waals surface area contributed by atoms with Gasteiger partial charge in [0.25, 0.3) is 0 Å². The maximum atomic E-state index is 12.7. The van der Waals surface area contributed by atoms with E-state index >= 15 is 0 Å². The van der Waals surface area contributed by atoms with Gasteiger partial charge in [-0.3, -0.25) is 9.59 Å². The lowest BCUT2D eigenvalue weighted by Crippen LogP contribution is -2.35. The Hall–Kier alpha value is -2.08. The Kier molecular flexibility index (Phi) is 3.72. The Bertz CT molecular complexity index is 790. The Morgan fingerprint density at radius 2 is 1.88 bits per heavy atom. The number of carbonyl (C=O) groups is 2. The molecule has 2 heterocycles. The van der Waals surface area contributed by atoms with Gasteiger partial charge in [-0.15, -0.1) is 11.3 Å². The number of rotatable bonds is 3. The second-order valence-corrected chi connectivity index (χ2v) is 7.70. The van der Waals surface area contributed by atoms with Crippen molar-refractivity contribution in [2.75, 3.05) is 7.11 Å². The molecule has 2 fully saturated rings. The summed E-state index contributed by atoms with van der Waals surface area (Å²) in [7, 11) is 1.57. The maximum absolute atomic E-state index is 12.7. The number of Topliss-reactive ketones (excluding diaryl/α,β-unsaturated/α-hetero) is 2. The van der Waals surface area contributed by atoms with Crippen molar-refractivity contribution in [3.63, 3.8) is 0 Å². The molecule has 5 nitrogen and oxygen atoms in total. The van der Waals surface area contributed by atoms with E-state index in [9.17, 15) is 9.59 Å². The molecule has 0 N–H and O–H groups in total.